The molecule has 0 radical (unpaired) electrons. The maximum Gasteiger partial charge on any atom is 0.335 e. The molecule has 0 spiro atoms. The highest BCUT2D eigenvalue weighted by Crippen LogP contribution is 2.15. The van der Waals surface area contributed by atoms with E-state index in [1.807, 2.05) is 5.01 Å². The predicted octanol–water partition coefficient (Wildman–Crippen LogP) is 1.01. The van der Waals surface area contributed by atoms with Crippen LogP contribution in [0.15, 0.2) is 12.1 Å². The third-order valence-electron chi connectivity index (χ3n) is 2.82. The van der Waals surface area contributed by atoms with Gasteiger partial charge in [0.05, 0.1) is 5.56 Å². The van der Waals surface area contributed by atoms with Gasteiger partial charge in [-0.1, -0.05) is 11.6 Å². The Morgan fingerprint density at radius 3 is 2.67 bits per heavy atom. The monoisotopic (exact) mass is 270 g/mol. The fourth-order valence-electron chi connectivity index (χ4n) is 1.76. The number of carboxylic acid groups (broad SMARTS) is 1. The molecule has 0 amide bonds. The summed E-state index contributed by atoms with van der Waals surface area (Å²) >= 11 is 5.79. The summed E-state index contributed by atoms with van der Waals surface area (Å²) in [6.07, 6.45) is 0. The standard InChI is InChI=1S/C11H15ClN4O2/c1-15-2-4-16(5-3-15)14-10-7-8(11(17)18)6-9(12)13-10/h6-7H,2-5H2,1H3,(H,13,14)(H,17,18). The normalized spacial score (nSPS) is 17.7. The van der Waals surface area contributed by atoms with E-state index in [2.05, 4.69) is 22.4 Å². The molecule has 98 valence electrons. The summed E-state index contributed by atoms with van der Waals surface area (Å²) < 4.78 is 0. The molecule has 7 heteroatoms. The first kappa shape index (κ1) is 13.1. The first-order valence-electron chi connectivity index (χ1n) is 5.65. The first-order valence-corrected chi connectivity index (χ1v) is 6.03. The number of carboxylic acids is 1. The molecule has 2 heterocycles. The SMILES string of the molecule is CN1CCN(Nc2cc(C(=O)O)cc(Cl)n2)CC1. The van der Waals surface area contributed by atoms with Crippen molar-refractivity contribution >= 4 is 23.4 Å². The quantitative estimate of drug-likeness (QED) is 0.799. The van der Waals surface area contributed by atoms with E-state index in [0.717, 1.165) is 26.2 Å². The molecular weight excluding hydrogens is 256 g/mol. The molecule has 6 nitrogen and oxygen atoms in total. The molecule has 0 atom stereocenters. The lowest BCUT2D eigenvalue weighted by molar-refractivity contribution is 0.0696. The Hall–Kier alpha value is -1.37. The maximum absolute atomic E-state index is 10.9. The highest BCUT2D eigenvalue weighted by Gasteiger charge is 2.15. The maximum atomic E-state index is 10.9. The second kappa shape index (κ2) is 5.51. The number of halogens is 1. The van der Waals surface area contributed by atoms with E-state index in [0.29, 0.717) is 5.82 Å². The van der Waals surface area contributed by atoms with Crippen molar-refractivity contribution in [2.75, 3.05) is 38.7 Å². The second-order valence-corrected chi connectivity index (χ2v) is 4.66. The number of likely N-dealkylation sites (N-methyl/N-ethyl adjacent to an activating group) is 1. The number of aromatic carboxylic acids is 1. The van der Waals surface area contributed by atoms with Crippen LogP contribution in [-0.4, -0.2) is 59.2 Å². The van der Waals surface area contributed by atoms with Crippen LogP contribution in [0.4, 0.5) is 5.82 Å². The number of carbonyl (C=O) groups is 1. The van der Waals surface area contributed by atoms with Crippen LogP contribution in [0.5, 0.6) is 0 Å². The molecular formula is C11H15ClN4O2. The van der Waals surface area contributed by atoms with E-state index < -0.39 is 5.97 Å². The summed E-state index contributed by atoms with van der Waals surface area (Å²) in [4.78, 5) is 17.2. The molecule has 1 aromatic rings. The zero-order chi connectivity index (χ0) is 13.1. The van der Waals surface area contributed by atoms with Gasteiger partial charge in [0, 0.05) is 26.2 Å². The molecule has 1 saturated heterocycles. The van der Waals surface area contributed by atoms with Crippen LogP contribution in [0.2, 0.25) is 5.15 Å². The van der Waals surface area contributed by atoms with Crippen LogP contribution in [0.3, 0.4) is 0 Å². The van der Waals surface area contributed by atoms with Gasteiger partial charge in [0.25, 0.3) is 0 Å². The van der Waals surface area contributed by atoms with Gasteiger partial charge in [-0.2, -0.15) is 0 Å². The number of nitrogens with one attached hydrogen (secondary N) is 1. The predicted molar refractivity (Wildman–Crippen MR) is 68.9 cm³/mol. The summed E-state index contributed by atoms with van der Waals surface area (Å²) in [5.41, 5.74) is 3.22. The molecule has 2 N–H and O–H groups in total. The van der Waals surface area contributed by atoms with E-state index in [9.17, 15) is 4.79 Å². The molecule has 1 aromatic heterocycles. The van der Waals surface area contributed by atoms with E-state index in [4.69, 9.17) is 16.7 Å². The zero-order valence-electron chi connectivity index (χ0n) is 10.1. The van der Waals surface area contributed by atoms with Gasteiger partial charge in [-0.15, -0.1) is 0 Å². The highest BCUT2D eigenvalue weighted by atomic mass is 35.5. The Bertz CT molecular complexity index is 447. The fourth-order valence-corrected chi connectivity index (χ4v) is 1.97. The third-order valence-corrected chi connectivity index (χ3v) is 3.01. The van der Waals surface area contributed by atoms with Crippen molar-refractivity contribution in [2.45, 2.75) is 0 Å². The van der Waals surface area contributed by atoms with Gasteiger partial charge >= 0.3 is 5.97 Å². The molecule has 1 fully saturated rings. The van der Waals surface area contributed by atoms with Gasteiger partial charge in [-0.05, 0) is 19.2 Å². The molecule has 0 aliphatic carbocycles. The molecule has 1 aliphatic rings. The summed E-state index contributed by atoms with van der Waals surface area (Å²) in [6, 6.07) is 2.81. The zero-order valence-corrected chi connectivity index (χ0v) is 10.8. The van der Waals surface area contributed by atoms with Crippen LogP contribution in [0, 0.1) is 0 Å². The number of nitrogens with zero attached hydrogens (tertiary/aromatic N) is 3. The summed E-state index contributed by atoms with van der Waals surface area (Å²) in [7, 11) is 2.07. The Balaban J connectivity index is 2.07. The van der Waals surface area contributed by atoms with Crippen LogP contribution < -0.4 is 5.43 Å². The smallest absolute Gasteiger partial charge is 0.335 e. The van der Waals surface area contributed by atoms with Gasteiger partial charge in [0.2, 0.25) is 0 Å². The van der Waals surface area contributed by atoms with Crippen molar-refractivity contribution in [3.05, 3.63) is 22.8 Å². The molecule has 1 aliphatic heterocycles. The van der Waals surface area contributed by atoms with Gasteiger partial charge in [0.1, 0.15) is 11.0 Å². The minimum absolute atomic E-state index is 0.131. The van der Waals surface area contributed by atoms with Crippen LogP contribution in [0.1, 0.15) is 10.4 Å². The van der Waals surface area contributed by atoms with Crippen molar-refractivity contribution in [1.29, 1.82) is 0 Å². The molecule has 2 rings (SSSR count). The molecule has 0 aromatic carbocycles. The van der Waals surface area contributed by atoms with Crippen molar-refractivity contribution in [3.63, 3.8) is 0 Å². The van der Waals surface area contributed by atoms with E-state index in [1.165, 1.54) is 12.1 Å². The number of anilines is 1. The van der Waals surface area contributed by atoms with Gasteiger partial charge in [0.15, 0.2) is 0 Å². The second-order valence-electron chi connectivity index (χ2n) is 4.27. The minimum Gasteiger partial charge on any atom is -0.478 e. The summed E-state index contributed by atoms with van der Waals surface area (Å²) in [5.74, 6) is -0.551. The van der Waals surface area contributed by atoms with Gasteiger partial charge < -0.3 is 15.4 Å². The van der Waals surface area contributed by atoms with Crippen molar-refractivity contribution in [1.82, 2.24) is 14.9 Å². The first-order chi connectivity index (χ1) is 8.54. The molecule has 18 heavy (non-hydrogen) atoms. The third kappa shape index (κ3) is 3.32. The number of rotatable bonds is 3. The van der Waals surface area contributed by atoms with Crippen LogP contribution in [-0.2, 0) is 0 Å². The summed E-state index contributed by atoms with van der Waals surface area (Å²) in [5, 5.41) is 11.1. The van der Waals surface area contributed by atoms with E-state index >= 15 is 0 Å². The number of hydrogen-bond donors (Lipinski definition) is 2. The van der Waals surface area contributed by atoms with Crippen LogP contribution in [0.25, 0.3) is 0 Å². The molecule has 0 bridgehead atoms. The fraction of sp³-hybridized carbons (Fsp3) is 0.455. The Morgan fingerprint density at radius 2 is 2.06 bits per heavy atom. The van der Waals surface area contributed by atoms with Crippen molar-refractivity contribution < 1.29 is 9.90 Å². The number of hydrazine groups is 1. The average molecular weight is 271 g/mol. The number of pyridine rings is 1. The highest BCUT2D eigenvalue weighted by molar-refractivity contribution is 6.29. The lowest BCUT2D eigenvalue weighted by atomic mass is 10.2. The van der Waals surface area contributed by atoms with Crippen molar-refractivity contribution in [3.8, 4) is 0 Å². The Morgan fingerprint density at radius 1 is 1.39 bits per heavy atom. The number of hydrogen-bond acceptors (Lipinski definition) is 5. The minimum atomic E-state index is -1.01. The topological polar surface area (TPSA) is 68.7 Å². The lowest BCUT2D eigenvalue weighted by Gasteiger charge is -2.32. The van der Waals surface area contributed by atoms with E-state index in [-0.39, 0.29) is 10.7 Å². The molecule has 0 unspecified atom stereocenters. The average Bonchev–Trinajstić information content (AvgIpc) is 2.31. The lowest BCUT2D eigenvalue weighted by Crippen LogP contribution is -2.47. The Kier molecular flexibility index (Phi) is 4.00. The molecule has 0 saturated carbocycles. The van der Waals surface area contributed by atoms with E-state index in [1.54, 1.807) is 0 Å². The Labute approximate surface area is 110 Å². The van der Waals surface area contributed by atoms with Crippen molar-refractivity contribution in [2.24, 2.45) is 0 Å². The van der Waals surface area contributed by atoms with Gasteiger partial charge in [-0.25, -0.2) is 14.8 Å². The number of piperazine rings is 1. The van der Waals surface area contributed by atoms with Gasteiger partial charge in [-0.3, -0.25) is 0 Å². The summed E-state index contributed by atoms with van der Waals surface area (Å²) in [6.45, 7) is 3.62. The largest absolute Gasteiger partial charge is 0.478 e. The number of aromatic nitrogens is 1. The van der Waals surface area contributed by atoms with Crippen LogP contribution >= 0.6 is 11.6 Å².